The fraction of sp³-hybridized carbons (Fsp3) is 0.333. The molecular weight excluding hydrogens is 382 g/mol. The molecular formula is C18H20ClN7O2. The summed E-state index contributed by atoms with van der Waals surface area (Å²) in [5.74, 6) is 1.33. The Morgan fingerprint density at radius 3 is 2.71 bits per heavy atom. The van der Waals surface area contributed by atoms with Crippen LogP contribution in [0.2, 0.25) is 5.02 Å². The van der Waals surface area contributed by atoms with E-state index >= 15 is 0 Å². The fourth-order valence-electron chi connectivity index (χ4n) is 3.15. The average Bonchev–Trinajstić information content (AvgIpc) is 3.40. The van der Waals surface area contributed by atoms with Gasteiger partial charge in [-0.05, 0) is 13.0 Å². The van der Waals surface area contributed by atoms with Crippen LogP contribution in [0.1, 0.15) is 25.6 Å². The minimum atomic E-state index is -0.550. The van der Waals surface area contributed by atoms with E-state index in [1.807, 2.05) is 35.4 Å². The molecule has 0 aromatic carbocycles. The van der Waals surface area contributed by atoms with E-state index in [0.29, 0.717) is 28.1 Å². The number of rotatable bonds is 5. The van der Waals surface area contributed by atoms with Crippen LogP contribution < -0.4 is 4.74 Å². The van der Waals surface area contributed by atoms with Crippen LogP contribution in [0.4, 0.5) is 0 Å². The van der Waals surface area contributed by atoms with E-state index in [1.54, 1.807) is 19.4 Å². The van der Waals surface area contributed by atoms with Crippen LogP contribution in [0, 0.1) is 0 Å². The minimum Gasteiger partial charge on any atom is -0.480 e. The van der Waals surface area contributed by atoms with Gasteiger partial charge < -0.3 is 24.0 Å². The molecule has 2 atom stereocenters. The number of ether oxygens (including phenoxy) is 1. The number of nitrogens with zero attached hydrogens (tertiary/aromatic N) is 6. The Balaban J connectivity index is 2.00. The molecule has 0 saturated heterocycles. The first-order valence-corrected chi connectivity index (χ1v) is 9.12. The molecule has 9 nitrogen and oxygen atoms in total. The van der Waals surface area contributed by atoms with E-state index in [0.717, 1.165) is 16.9 Å². The molecule has 2 N–H and O–H groups in total. The highest BCUT2D eigenvalue weighted by Gasteiger charge is 2.25. The van der Waals surface area contributed by atoms with Gasteiger partial charge in [-0.3, -0.25) is 0 Å². The molecule has 28 heavy (non-hydrogen) atoms. The highest BCUT2D eigenvalue weighted by atomic mass is 35.5. The molecule has 0 aliphatic carbocycles. The molecule has 146 valence electrons. The van der Waals surface area contributed by atoms with Crippen molar-refractivity contribution >= 4 is 22.6 Å². The van der Waals surface area contributed by atoms with Crippen molar-refractivity contribution in [3.8, 4) is 23.1 Å². The van der Waals surface area contributed by atoms with Gasteiger partial charge in [0.15, 0.2) is 5.82 Å². The second-order valence-corrected chi connectivity index (χ2v) is 7.07. The van der Waals surface area contributed by atoms with Crippen LogP contribution in [0.15, 0.2) is 24.8 Å². The minimum absolute atomic E-state index is 0.180. The van der Waals surface area contributed by atoms with Gasteiger partial charge in [0.1, 0.15) is 27.7 Å². The molecule has 0 amide bonds. The molecule has 0 saturated carbocycles. The van der Waals surface area contributed by atoms with Crippen molar-refractivity contribution in [1.82, 2.24) is 34.3 Å². The van der Waals surface area contributed by atoms with Gasteiger partial charge in [0.2, 0.25) is 5.88 Å². The van der Waals surface area contributed by atoms with Crippen molar-refractivity contribution in [2.24, 2.45) is 7.05 Å². The maximum atomic E-state index is 9.87. The SMILES string of the molecule is COc1nc2c(-n3ccnc3)c(-c3nnc([C@@H](C)[C@@H](C)O)[nH]3)n(C)c2cc1Cl. The van der Waals surface area contributed by atoms with Gasteiger partial charge >= 0.3 is 0 Å². The van der Waals surface area contributed by atoms with Crippen molar-refractivity contribution in [3.05, 3.63) is 35.6 Å². The number of nitrogens with one attached hydrogen (secondary N) is 1. The zero-order valence-electron chi connectivity index (χ0n) is 15.9. The lowest BCUT2D eigenvalue weighted by atomic mass is 10.1. The van der Waals surface area contributed by atoms with Crippen LogP contribution in [0.25, 0.3) is 28.2 Å². The Labute approximate surface area is 166 Å². The van der Waals surface area contributed by atoms with Gasteiger partial charge in [0.05, 0.1) is 25.1 Å². The molecule has 0 aliphatic rings. The number of aromatic nitrogens is 7. The van der Waals surface area contributed by atoms with Crippen molar-refractivity contribution in [2.75, 3.05) is 7.11 Å². The number of aromatic amines is 1. The summed E-state index contributed by atoms with van der Waals surface area (Å²) in [7, 11) is 3.43. The first-order chi connectivity index (χ1) is 13.4. The summed E-state index contributed by atoms with van der Waals surface area (Å²) in [6.07, 6.45) is 4.66. The lowest BCUT2D eigenvalue weighted by Crippen LogP contribution is -2.12. The third-order valence-electron chi connectivity index (χ3n) is 4.91. The van der Waals surface area contributed by atoms with Gasteiger partial charge in [-0.25, -0.2) is 9.97 Å². The van der Waals surface area contributed by atoms with Crippen LogP contribution in [0.3, 0.4) is 0 Å². The number of aryl methyl sites for hydroxylation is 1. The summed E-state index contributed by atoms with van der Waals surface area (Å²) in [4.78, 5) is 12.0. The Morgan fingerprint density at radius 1 is 1.29 bits per heavy atom. The lowest BCUT2D eigenvalue weighted by molar-refractivity contribution is 0.165. The normalized spacial score (nSPS) is 13.8. The number of aliphatic hydroxyl groups is 1. The van der Waals surface area contributed by atoms with Gasteiger partial charge in [-0.15, -0.1) is 10.2 Å². The van der Waals surface area contributed by atoms with Gasteiger partial charge in [0, 0.05) is 25.4 Å². The summed E-state index contributed by atoms with van der Waals surface area (Å²) >= 11 is 6.30. The zero-order chi connectivity index (χ0) is 20.0. The maximum absolute atomic E-state index is 9.87. The van der Waals surface area contributed by atoms with Crippen molar-refractivity contribution in [3.63, 3.8) is 0 Å². The molecule has 0 bridgehead atoms. The van der Waals surface area contributed by atoms with Gasteiger partial charge in [0.25, 0.3) is 0 Å². The molecule has 4 aromatic rings. The molecule has 0 radical (unpaired) electrons. The molecule has 0 fully saturated rings. The fourth-order valence-corrected chi connectivity index (χ4v) is 3.37. The first kappa shape index (κ1) is 18.5. The zero-order valence-corrected chi connectivity index (χ0v) is 16.6. The Kier molecular flexibility index (Phi) is 4.56. The topological polar surface area (TPSA) is 107 Å². The van der Waals surface area contributed by atoms with E-state index in [9.17, 15) is 5.11 Å². The third-order valence-corrected chi connectivity index (χ3v) is 5.18. The number of pyridine rings is 1. The van der Waals surface area contributed by atoms with Gasteiger partial charge in [-0.1, -0.05) is 18.5 Å². The largest absolute Gasteiger partial charge is 0.480 e. The first-order valence-electron chi connectivity index (χ1n) is 8.74. The Bertz CT molecular complexity index is 1130. The van der Waals surface area contributed by atoms with Crippen LogP contribution in [0.5, 0.6) is 5.88 Å². The summed E-state index contributed by atoms with van der Waals surface area (Å²) in [6, 6.07) is 1.81. The van der Waals surface area contributed by atoms with E-state index < -0.39 is 6.10 Å². The molecule has 0 unspecified atom stereocenters. The van der Waals surface area contributed by atoms with Crippen molar-refractivity contribution < 1.29 is 9.84 Å². The van der Waals surface area contributed by atoms with Gasteiger partial charge in [-0.2, -0.15) is 0 Å². The predicted molar refractivity (Wildman–Crippen MR) is 105 cm³/mol. The van der Waals surface area contributed by atoms with Crippen molar-refractivity contribution in [2.45, 2.75) is 25.9 Å². The highest BCUT2D eigenvalue weighted by Crippen LogP contribution is 2.37. The second-order valence-electron chi connectivity index (χ2n) is 6.66. The number of methoxy groups -OCH3 is 1. The molecule has 0 spiro atoms. The van der Waals surface area contributed by atoms with E-state index in [4.69, 9.17) is 16.3 Å². The number of halogens is 1. The number of hydrogen-bond acceptors (Lipinski definition) is 6. The Hall–Kier alpha value is -2.91. The molecule has 4 rings (SSSR count). The summed E-state index contributed by atoms with van der Waals surface area (Å²) < 4.78 is 9.11. The number of aliphatic hydroxyl groups excluding tert-OH is 1. The standard InChI is InChI=1S/C18H20ClN7O2/c1-9(10(2)27)16-22-17(24-23-16)15-14(26-6-5-20-8-26)13-12(25(15)3)7-11(19)18(21-13)28-4/h5-10,27H,1-4H3,(H,22,23,24)/t9-,10+/m0/s1. The summed E-state index contributed by atoms with van der Waals surface area (Å²) in [5.41, 5.74) is 3.04. The monoisotopic (exact) mass is 401 g/mol. The van der Waals surface area contributed by atoms with Crippen molar-refractivity contribution in [1.29, 1.82) is 0 Å². The predicted octanol–water partition coefficient (Wildman–Crippen LogP) is 2.69. The van der Waals surface area contributed by atoms with E-state index in [1.165, 1.54) is 7.11 Å². The molecule has 0 aliphatic heterocycles. The van der Waals surface area contributed by atoms with Crippen LogP contribution in [-0.2, 0) is 7.05 Å². The average molecular weight is 402 g/mol. The van der Waals surface area contributed by atoms with E-state index in [2.05, 4.69) is 25.1 Å². The molecule has 4 aromatic heterocycles. The second kappa shape index (κ2) is 6.92. The summed E-state index contributed by atoms with van der Waals surface area (Å²) in [5, 5.41) is 18.8. The number of hydrogen-bond donors (Lipinski definition) is 2. The third kappa shape index (κ3) is 2.83. The smallest absolute Gasteiger partial charge is 0.233 e. The maximum Gasteiger partial charge on any atom is 0.233 e. The quantitative estimate of drug-likeness (QED) is 0.532. The molecule has 4 heterocycles. The van der Waals surface area contributed by atoms with E-state index in [-0.39, 0.29) is 5.92 Å². The van der Waals surface area contributed by atoms with Crippen LogP contribution in [-0.4, -0.2) is 52.6 Å². The molecule has 10 heteroatoms. The Morgan fingerprint density at radius 2 is 2.07 bits per heavy atom. The van der Waals surface area contributed by atoms with Crippen LogP contribution >= 0.6 is 11.6 Å². The number of imidazole rings is 1. The number of fused-ring (bicyclic) bond motifs is 1. The lowest BCUT2D eigenvalue weighted by Gasteiger charge is -2.10. The highest BCUT2D eigenvalue weighted by molar-refractivity contribution is 6.32. The summed E-state index contributed by atoms with van der Waals surface area (Å²) in [6.45, 7) is 3.61. The number of H-pyrrole nitrogens is 1.